The molecule has 0 radical (unpaired) electrons. The number of carbonyl (C=O) groups is 1. The van der Waals surface area contributed by atoms with Crippen LogP contribution in [-0.4, -0.2) is 39.9 Å². The number of halogens is 2. The highest BCUT2D eigenvalue weighted by molar-refractivity contribution is 5.96. The SMILES string of the molecule is Cc1nn(C)c(C)c1C(=O)NCC(O)C(F)F. The number of amides is 1. The molecule has 96 valence electrons. The smallest absolute Gasteiger partial charge is 0.265 e. The Kier molecular flexibility index (Phi) is 4.17. The fourth-order valence-corrected chi connectivity index (χ4v) is 1.48. The van der Waals surface area contributed by atoms with E-state index in [1.165, 1.54) is 4.68 Å². The van der Waals surface area contributed by atoms with Gasteiger partial charge in [0.25, 0.3) is 12.3 Å². The minimum absolute atomic E-state index is 0.356. The van der Waals surface area contributed by atoms with Crippen molar-refractivity contribution >= 4 is 5.91 Å². The number of aliphatic hydroxyl groups excluding tert-OH is 1. The van der Waals surface area contributed by atoms with E-state index in [1.807, 2.05) is 0 Å². The van der Waals surface area contributed by atoms with Gasteiger partial charge in [0.1, 0.15) is 6.10 Å². The van der Waals surface area contributed by atoms with E-state index in [-0.39, 0.29) is 0 Å². The summed E-state index contributed by atoms with van der Waals surface area (Å²) < 4.78 is 25.6. The van der Waals surface area contributed by atoms with Crippen LogP contribution in [0.3, 0.4) is 0 Å². The molecule has 0 aliphatic heterocycles. The van der Waals surface area contributed by atoms with Crippen LogP contribution in [0.1, 0.15) is 21.7 Å². The molecule has 0 bridgehead atoms. The van der Waals surface area contributed by atoms with E-state index < -0.39 is 25.0 Å². The van der Waals surface area contributed by atoms with E-state index in [2.05, 4.69) is 10.4 Å². The first-order valence-corrected chi connectivity index (χ1v) is 5.09. The number of carbonyl (C=O) groups excluding carboxylic acids is 1. The van der Waals surface area contributed by atoms with Crippen LogP contribution >= 0.6 is 0 Å². The molecule has 0 aromatic carbocycles. The summed E-state index contributed by atoms with van der Waals surface area (Å²) in [6.45, 7) is 2.88. The maximum absolute atomic E-state index is 12.0. The second-order valence-corrected chi connectivity index (χ2v) is 3.78. The molecule has 7 heteroatoms. The number of aliphatic hydroxyl groups is 1. The van der Waals surface area contributed by atoms with Crippen LogP contribution in [-0.2, 0) is 7.05 Å². The molecule has 1 amide bonds. The van der Waals surface area contributed by atoms with Gasteiger partial charge < -0.3 is 10.4 Å². The Morgan fingerprint density at radius 3 is 2.53 bits per heavy atom. The van der Waals surface area contributed by atoms with Crippen LogP contribution in [0, 0.1) is 13.8 Å². The van der Waals surface area contributed by atoms with Crippen molar-refractivity contribution in [3.63, 3.8) is 0 Å². The van der Waals surface area contributed by atoms with Crippen LogP contribution in [0.2, 0.25) is 0 Å². The van der Waals surface area contributed by atoms with E-state index in [0.717, 1.165) is 0 Å². The van der Waals surface area contributed by atoms with Crippen LogP contribution in [0.15, 0.2) is 0 Å². The Morgan fingerprint density at radius 1 is 1.53 bits per heavy atom. The highest BCUT2D eigenvalue weighted by atomic mass is 19.3. The van der Waals surface area contributed by atoms with E-state index in [0.29, 0.717) is 17.0 Å². The number of rotatable bonds is 4. The molecular formula is C10H15F2N3O2. The average molecular weight is 247 g/mol. The fourth-order valence-electron chi connectivity index (χ4n) is 1.48. The number of alkyl halides is 2. The maximum Gasteiger partial charge on any atom is 0.265 e. The van der Waals surface area contributed by atoms with Crippen molar-refractivity contribution in [3.8, 4) is 0 Å². The highest BCUT2D eigenvalue weighted by Gasteiger charge is 2.21. The molecule has 2 N–H and O–H groups in total. The number of nitrogens with one attached hydrogen (secondary N) is 1. The van der Waals surface area contributed by atoms with Crippen molar-refractivity contribution in [2.75, 3.05) is 6.54 Å². The zero-order chi connectivity index (χ0) is 13.2. The number of hydrogen-bond acceptors (Lipinski definition) is 3. The molecule has 0 saturated carbocycles. The Bertz CT molecular complexity index is 418. The first-order valence-electron chi connectivity index (χ1n) is 5.09. The van der Waals surface area contributed by atoms with Gasteiger partial charge in [0, 0.05) is 19.3 Å². The van der Waals surface area contributed by atoms with Gasteiger partial charge in [-0.2, -0.15) is 5.10 Å². The summed E-state index contributed by atoms with van der Waals surface area (Å²) in [5.74, 6) is -0.507. The van der Waals surface area contributed by atoms with Gasteiger partial charge in [-0.15, -0.1) is 0 Å². The summed E-state index contributed by atoms with van der Waals surface area (Å²) in [5, 5.41) is 15.2. The van der Waals surface area contributed by atoms with Gasteiger partial charge in [0.15, 0.2) is 0 Å². The Labute approximate surface area is 97.4 Å². The van der Waals surface area contributed by atoms with Crippen molar-refractivity contribution in [3.05, 3.63) is 17.0 Å². The molecule has 5 nitrogen and oxygen atoms in total. The quantitative estimate of drug-likeness (QED) is 0.809. The minimum Gasteiger partial charge on any atom is -0.385 e. The molecule has 0 aliphatic carbocycles. The molecule has 0 spiro atoms. The Morgan fingerprint density at radius 2 is 2.12 bits per heavy atom. The number of nitrogens with zero attached hydrogens (tertiary/aromatic N) is 2. The predicted octanol–water partition coefficient (Wildman–Crippen LogP) is 0.393. The number of hydrogen-bond donors (Lipinski definition) is 2. The molecule has 1 heterocycles. The summed E-state index contributed by atoms with van der Waals surface area (Å²) in [6.07, 6.45) is -4.72. The third-order valence-corrected chi connectivity index (χ3v) is 2.50. The predicted molar refractivity (Wildman–Crippen MR) is 57.0 cm³/mol. The van der Waals surface area contributed by atoms with Gasteiger partial charge in [-0.1, -0.05) is 0 Å². The van der Waals surface area contributed by atoms with E-state index >= 15 is 0 Å². The molecule has 1 aromatic rings. The van der Waals surface area contributed by atoms with Gasteiger partial charge in [-0.3, -0.25) is 9.48 Å². The largest absolute Gasteiger partial charge is 0.385 e. The summed E-state index contributed by atoms with van der Waals surface area (Å²) in [6, 6.07) is 0. The summed E-state index contributed by atoms with van der Waals surface area (Å²) >= 11 is 0. The van der Waals surface area contributed by atoms with Crippen molar-refractivity contribution in [2.45, 2.75) is 26.4 Å². The summed E-state index contributed by atoms with van der Waals surface area (Å²) in [4.78, 5) is 11.7. The molecular weight excluding hydrogens is 232 g/mol. The van der Waals surface area contributed by atoms with E-state index in [9.17, 15) is 13.6 Å². The lowest BCUT2D eigenvalue weighted by Gasteiger charge is -2.10. The highest BCUT2D eigenvalue weighted by Crippen LogP contribution is 2.11. The summed E-state index contributed by atoms with van der Waals surface area (Å²) in [7, 11) is 1.69. The Hall–Kier alpha value is -1.50. The van der Waals surface area contributed by atoms with Crippen molar-refractivity contribution in [1.82, 2.24) is 15.1 Å². The zero-order valence-electron chi connectivity index (χ0n) is 9.87. The van der Waals surface area contributed by atoms with Crippen molar-refractivity contribution in [1.29, 1.82) is 0 Å². The number of aryl methyl sites for hydroxylation is 2. The van der Waals surface area contributed by atoms with Crippen LogP contribution in [0.4, 0.5) is 8.78 Å². The first-order chi connectivity index (χ1) is 7.84. The second-order valence-electron chi connectivity index (χ2n) is 3.78. The normalized spacial score (nSPS) is 12.9. The lowest BCUT2D eigenvalue weighted by molar-refractivity contribution is -0.00270. The molecule has 0 aliphatic rings. The lowest BCUT2D eigenvalue weighted by Crippen LogP contribution is -2.36. The third-order valence-electron chi connectivity index (χ3n) is 2.50. The molecule has 1 rings (SSSR count). The second kappa shape index (κ2) is 5.22. The van der Waals surface area contributed by atoms with Gasteiger partial charge in [0.2, 0.25) is 0 Å². The van der Waals surface area contributed by atoms with Crippen LogP contribution in [0.25, 0.3) is 0 Å². The molecule has 1 unspecified atom stereocenters. The van der Waals surface area contributed by atoms with Gasteiger partial charge in [-0.25, -0.2) is 8.78 Å². The average Bonchev–Trinajstić information content (AvgIpc) is 2.49. The third kappa shape index (κ3) is 3.00. The van der Waals surface area contributed by atoms with Crippen LogP contribution in [0.5, 0.6) is 0 Å². The monoisotopic (exact) mass is 247 g/mol. The van der Waals surface area contributed by atoms with Gasteiger partial charge in [0.05, 0.1) is 11.3 Å². The standard InChI is InChI=1S/C10H15F2N3O2/c1-5-8(6(2)15(3)14-5)10(17)13-4-7(16)9(11)12/h7,9,16H,4H2,1-3H3,(H,13,17). The Balaban J connectivity index is 2.71. The summed E-state index contributed by atoms with van der Waals surface area (Å²) in [5.41, 5.74) is 1.52. The fraction of sp³-hybridized carbons (Fsp3) is 0.600. The van der Waals surface area contributed by atoms with Crippen molar-refractivity contribution in [2.24, 2.45) is 7.05 Å². The van der Waals surface area contributed by atoms with Crippen molar-refractivity contribution < 1.29 is 18.7 Å². The van der Waals surface area contributed by atoms with Crippen LogP contribution < -0.4 is 5.32 Å². The van der Waals surface area contributed by atoms with Gasteiger partial charge in [-0.05, 0) is 13.8 Å². The molecule has 1 atom stereocenters. The topological polar surface area (TPSA) is 67.2 Å². The van der Waals surface area contributed by atoms with E-state index in [4.69, 9.17) is 5.11 Å². The number of aromatic nitrogens is 2. The minimum atomic E-state index is -2.87. The van der Waals surface area contributed by atoms with E-state index in [1.54, 1.807) is 20.9 Å². The molecule has 1 aromatic heterocycles. The lowest BCUT2D eigenvalue weighted by atomic mass is 10.2. The molecule has 0 saturated heterocycles. The molecule has 0 fully saturated rings. The zero-order valence-corrected chi connectivity index (χ0v) is 9.87. The maximum atomic E-state index is 12.0. The molecule has 17 heavy (non-hydrogen) atoms. The first kappa shape index (κ1) is 13.6. The van der Waals surface area contributed by atoms with Gasteiger partial charge >= 0.3 is 0 Å².